The molecule has 3 saturated carbocycles. The molecular weight excluding hydrogens is 400 g/mol. The molecule has 3 aliphatic rings. The predicted molar refractivity (Wildman–Crippen MR) is 85.1 cm³/mol. The van der Waals surface area contributed by atoms with Crippen molar-refractivity contribution < 1.29 is 39.5 Å². The lowest BCUT2D eigenvalue weighted by atomic mass is 9.83. The minimum Gasteiger partial charge on any atom is -0.393 e. The molecule has 0 spiro atoms. The smallest absolute Gasteiger partial charge is 0.393 e. The van der Waals surface area contributed by atoms with Crippen LogP contribution in [0.5, 0.6) is 0 Å². The Hall–Kier alpha value is -0.390. The minimum absolute atomic E-state index is 0.0228. The largest absolute Gasteiger partial charge is 0.432 e. The summed E-state index contributed by atoms with van der Waals surface area (Å²) in [6.07, 6.45) is 0.655. The van der Waals surface area contributed by atoms with Gasteiger partial charge in [-0.15, -0.1) is 0 Å². The van der Waals surface area contributed by atoms with E-state index in [9.17, 15) is 35.9 Å². The molecule has 0 amide bonds. The number of hydrogen-bond acceptors (Lipinski definition) is 6. The molecule has 5 atom stereocenters. The first-order chi connectivity index (χ1) is 12.0. The summed E-state index contributed by atoms with van der Waals surface area (Å²) in [5, 5.41) is 3.25. The maximum absolute atomic E-state index is 14.5. The van der Waals surface area contributed by atoms with Crippen LogP contribution in [-0.2, 0) is 18.5 Å². The molecule has 0 aromatic rings. The van der Waals surface area contributed by atoms with Crippen molar-refractivity contribution in [2.45, 2.75) is 67.5 Å². The van der Waals surface area contributed by atoms with Crippen LogP contribution in [0.3, 0.4) is 0 Å². The molecule has 5 unspecified atom stereocenters. The Bertz CT molecular complexity index is 667. The Labute approximate surface area is 153 Å². The van der Waals surface area contributed by atoms with Crippen LogP contribution in [0.2, 0.25) is 0 Å². The zero-order valence-corrected chi connectivity index (χ0v) is 15.4. The molecule has 3 rings (SSSR count). The van der Waals surface area contributed by atoms with Crippen LogP contribution < -0.4 is 0 Å². The maximum Gasteiger partial charge on any atom is 0.432 e. The van der Waals surface area contributed by atoms with Gasteiger partial charge in [0.1, 0.15) is 5.78 Å². The minimum atomic E-state index is -5.94. The van der Waals surface area contributed by atoms with E-state index in [4.69, 9.17) is 0 Å². The summed E-state index contributed by atoms with van der Waals surface area (Å²) in [4.78, 5) is 11.6. The average Bonchev–Trinajstić information content (AvgIpc) is 3.13. The normalized spacial score (nSPS) is 35.9. The van der Waals surface area contributed by atoms with Gasteiger partial charge in [0.25, 0.3) is 0 Å². The van der Waals surface area contributed by atoms with Gasteiger partial charge in [0.05, 0.1) is 11.4 Å². The second kappa shape index (κ2) is 6.89. The number of alkyl halides is 4. The van der Waals surface area contributed by atoms with Crippen molar-refractivity contribution in [1.29, 1.82) is 0 Å². The highest BCUT2D eigenvalue weighted by atomic mass is 32.3. The highest BCUT2D eigenvalue weighted by Crippen LogP contribution is 2.58. The van der Waals surface area contributed by atoms with E-state index in [1.165, 1.54) is 0 Å². The topological polar surface area (TPSA) is 80.7 Å². The molecular formula is C15H20F4O5S2. The Balaban J connectivity index is 1.71. The van der Waals surface area contributed by atoms with Gasteiger partial charge in [-0.3, -0.25) is 4.79 Å². The Morgan fingerprint density at radius 2 is 1.77 bits per heavy atom. The first kappa shape index (κ1) is 20.3. The molecule has 3 fully saturated rings. The van der Waals surface area contributed by atoms with E-state index < -0.39 is 50.4 Å². The average molecular weight is 420 g/mol. The van der Waals surface area contributed by atoms with Gasteiger partial charge in [0, 0.05) is 24.4 Å². The number of hydrogen-bond donors (Lipinski definition) is 1. The fraction of sp³-hybridized carbons (Fsp3) is 0.933. The Kier molecular flexibility index (Phi) is 5.39. The van der Waals surface area contributed by atoms with Crippen molar-refractivity contribution in [3.05, 3.63) is 0 Å². The summed E-state index contributed by atoms with van der Waals surface area (Å²) >= 11 is 0.0228. The van der Waals surface area contributed by atoms with Gasteiger partial charge in [-0.25, -0.2) is 0 Å². The van der Waals surface area contributed by atoms with Gasteiger partial charge < -0.3 is 5.11 Å². The van der Waals surface area contributed by atoms with Crippen molar-refractivity contribution in [3.63, 3.8) is 0 Å². The first-order valence-corrected chi connectivity index (χ1v) is 10.7. The zero-order valence-electron chi connectivity index (χ0n) is 13.7. The van der Waals surface area contributed by atoms with E-state index in [-0.39, 0.29) is 49.9 Å². The molecule has 0 radical (unpaired) electrons. The summed E-state index contributed by atoms with van der Waals surface area (Å²) in [5.74, 6) is -8.34. The van der Waals surface area contributed by atoms with Crippen LogP contribution in [0, 0.1) is 17.8 Å². The van der Waals surface area contributed by atoms with Crippen LogP contribution in [0.15, 0.2) is 0 Å². The third kappa shape index (κ3) is 3.29. The highest BCUT2D eigenvalue weighted by Gasteiger charge is 2.73. The standard InChI is InChI=1S/C15H20F4O5S2/c16-14(17,10-6-9-5-8(10)7-12(9)21)15(18,19)26(22,23)24-25-13-4-2-1-3-11(13)20/h8-10,12-13,21H,1-7H2. The van der Waals surface area contributed by atoms with E-state index in [2.05, 4.69) is 3.63 Å². The number of aliphatic hydroxyl groups excluding tert-OH is 1. The molecule has 0 heterocycles. The summed E-state index contributed by atoms with van der Waals surface area (Å²) in [5.41, 5.74) is 0. The predicted octanol–water partition coefficient (Wildman–Crippen LogP) is 3.13. The monoisotopic (exact) mass is 420 g/mol. The number of ketones is 1. The third-order valence-corrected chi connectivity index (χ3v) is 8.39. The fourth-order valence-corrected chi connectivity index (χ4v) is 6.37. The second-order valence-corrected chi connectivity index (χ2v) is 10.1. The SMILES string of the molecule is O=C1CCCCC1SOS(=O)(=O)C(F)(F)C(F)(F)C1CC2CC1CC2O. The molecule has 150 valence electrons. The van der Waals surface area contributed by atoms with Gasteiger partial charge in [-0.2, -0.15) is 29.6 Å². The number of halogens is 4. The third-order valence-electron chi connectivity index (χ3n) is 5.73. The molecule has 1 N–H and O–H groups in total. The van der Waals surface area contributed by atoms with E-state index >= 15 is 0 Å². The summed E-state index contributed by atoms with van der Waals surface area (Å²) < 4.78 is 85.3. The number of fused-ring (bicyclic) bond motifs is 2. The molecule has 3 aliphatic carbocycles. The molecule has 5 nitrogen and oxygen atoms in total. The van der Waals surface area contributed by atoms with Crippen molar-refractivity contribution in [1.82, 2.24) is 0 Å². The van der Waals surface area contributed by atoms with Gasteiger partial charge in [0.15, 0.2) is 0 Å². The second-order valence-electron chi connectivity index (χ2n) is 7.36. The van der Waals surface area contributed by atoms with Gasteiger partial charge in [0.2, 0.25) is 0 Å². The molecule has 11 heteroatoms. The van der Waals surface area contributed by atoms with E-state index in [1.807, 2.05) is 0 Å². The molecule has 2 bridgehead atoms. The number of carbonyl (C=O) groups excluding carboxylic acids is 1. The fourth-order valence-electron chi connectivity index (χ4n) is 4.27. The lowest BCUT2D eigenvalue weighted by molar-refractivity contribution is -0.204. The first-order valence-electron chi connectivity index (χ1n) is 8.53. The number of aliphatic hydroxyl groups is 1. The molecule has 0 aromatic heterocycles. The van der Waals surface area contributed by atoms with E-state index in [1.54, 1.807) is 0 Å². The quantitative estimate of drug-likeness (QED) is 0.525. The molecule has 26 heavy (non-hydrogen) atoms. The summed E-state index contributed by atoms with van der Waals surface area (Å²) in [6, 6.07) is 0. The summed E-state index contributed by atoms with van der Waals surface area (Å²) in [6.45, 7) is 0. The van der Waals surface area contributed by atoms with Crippen LogP contribution in [0.1, 0.15) is 44.9 Å². The van der Waals surface area contributed by atoms with E-state index in [0.717, 1.165) is 0 Å². The Morgan fingerprint density at radius 1 is 1.08 bits per heavy atom. The van der Waals surface area contributed by atoms with Gasteiger partial charge in [-0.05, 0) is 43.9 Å². The maximum atomic E-state index is 14.5. The van der Waals surface area contributed by atoms with Crippen LogP contribution in [-0.4, -0.2) is 41.8 Å². The van der Waals surface area contributed by atoms with E-state index in [0.29, 0.717) is 12.8 Å². The number of rotatable bonds is 6. The molecule has 0 aliphatic heterocycles. The number of Topliss-reactive ketones (excluding diaryl/α,β-unsaturated/α-hetero) is 1. The zero-order chi connectivity index (χ0) is 19.3. The molecule has 0 saturated heterocycles. The van der Waals surface area contributed by atoms with Crippen molar-refractivity contribution in [2.24, 2.45) is 17.8 Å². The van der Waals surface area contributed by atoms with Crippen molar-refractivity contribution in [3.8, 4) is 0 Å². The van der Waals surface area contributed by atoms with Crippen LogP contribution in [0.4, 0.5) is 17.6 Å². The van der Waals surface area contributed by atoms with Crippen LogP contribution in [0.25, 0.3) is 0 Å². The summed E-state index contributed by atoms with van der Waals surface area (Å²) in [7, 11) is -5.94. The van der Waals surface area contributed by atoms with Gasteiger partial charge in [-0.1, -0.05) is 6.42 Å². The highest BCUT2D eigenvalue weighted by molar-refractivity contribution is 8.05. The lowest BCUT2D eigenvalue weighted by Gasteiger charge is -2.35. The van der Waals surface area contributed by atoms with Gasteiger partial charge >= 0.3 is 21.3 Å². The van der Waals surface area contributed by atoms with Crippen molar-refractivity contribution in [2.75, 3.05) is 0 Å². The number of carbonyl (C=O) groups is 1. The lowest BCUT2D eigenvalue weighted by Crippen LogP contribution is -2.53. The Morgan fingerprint density at radius 3 is 2.31 bits per heavy atom. The molecule has 0 aromatic carbocycles. The van der Waals surface area contributed by atoms with Crippen LogP contribution >= 0.6 is 12.0 Å². The van der Waals surface area contributed by atoms with Crippen molar-refractivity contribution >= 4 is 27.9 Å².